The number of fused-ring (bicyclic) bond motifs is 7. The maximum atomic E-state index is 5.03. The largest absolute Gasteiger partial charge is 0.326 e. The van der Waals surface area contributed by atoms with E-state index in [-0.39, 0.29) is 0 Å². The lowest BCUT2D eigenvalue weighted by Crippen LogP contribution is -2.25. The van der Waals surface area contributed by atoms with Crippen LogP contribution in [-0.2, 0) is 20.0 Å². The number of thiol groups is 1. The third-order valence-corrected chi connectivity index (χ3v) is 8.56. The summed E-state index contributed by atoms with van der Waals surface area (Å²) in [5, 5.41) is 8.14. The van der Waals surface area contributed by atoms with Gasteiger partial charge in [0.25, 0.3) is 0 Å². The highest BCUT2D eigenvalue weighted by atomic mass is 32.1. The van der Waals surface area contributed by atoms with Gasteiger partial charge in [-0.05, 0) is 74.8 Å². The molecule has 0 atom stereocenters. The molecule has 0 unspecified atom stereocenters. The zero-order valence-electron chi connectivity index (χ0n) is 22.5. The fourth-order valence-corrected chi connectivity index (χ4v) is 6.22. The molecule has 38 heavy (non-hydrogen) atoms. The first-order chi connectivity index (χ1) is 18.5. The van der Waals surface area contributed by atoms with Gasteiger partial charge in [0, 0.05) is 54.9 Å². The van der Waals surface area contributed by atoms with Crippen molar-refractivity contribution >= 4 is 35.5 Å². The number of pyridine rings is 1. The fraction of sp³-hybridized carbons (Fsp3) is 0.433. The van der Waals surface area contributed by atoms with E-state index in [4.69, 9.17) is 9.97 Å². The highest BCUT2D eigenvalue weighted by Gasteiger charge is 2.21. The smallest absolute Gasteiger partial charge is 0.208 e. The Morgan fingerprint density at radius 1 is 1.00 bits per heavy atom. The Morgan fingerprint density at radius 3 is 2.66 bits per heavy atom. The number of imidazole rings is 1. The van der Waals surface area contributed by atoms with E-state index < -0.39 is 0 Å². The molecule has 0 saturated carbocycles. The molecular weight excluding hydrogens is 490 g/mol. The quantitative estimate of drug-likeness (QED) is 0.282. The molecule has 2 aliphatic heterocycles. The molecular formula is C30H37N7S. The molecule has 7 nitrogen and oxygen atoms in total. The first kappa shape index (κ1) is 25.2. The van der Waals surface area contributed by atoms with Crippen LogP contribution in [0.3, 0.4) is 0 Å². The minimum Gasteiger partial charge on any atom is -0.326 e. The van der Waals surface area contributed by atoms with Crippen molar-refractivity contribution < 1.29 is 0 Å². The number of aromatic nitrogens is 5. The van der Waals surface area contributed by atoms with Crippen molar-refractivity contribution in [3.8, 4) is 11.3 Å². The van der Waals surface area contributed by atoms with Crippen LogP contribution in [0.1, 0.15) is 67.0 Å². The number of hydrogen-bond donors (Lipinski definition) is 2. The van der Waals surface area contributed by atoms with Crippen molar-refractivity contribution in [2.45, 2.75) is 64.3 Å². The average molecular weight is 528 g/mol. The monoisotopic (exact) mass is 527 g/mol. The molecule has 0 amide bonds. The Balaban J connectivity index is 1.38. The van der Waals surface area contributed by atoms with Gasteiger partial charge in [-0.25, -0.2) is 4.98 Å². The van der Waals surface area contributed by atoms with Gasteiger partial charge in [0.15, 0.2) is 0 Å². The van der Waals surface area contributed by atoms with Gasteiger partial charge in [-0.1, -0.05) is 38.3 Å². The fourth-order valence-electron chi connectivity index (χ4n) is 5.99. The number of hydrogen-bond acceptors (Lipinski definition) is 6. The zero-order valence-corrected chi connectivity index (χ0v) is 23.3. The van der Waals surface area contributed by atoms with E-state index >= 15 is 0 Å². The first-order valence-electron chi connectivity index (χ1n) is 13.9. The van der Waals surface area contributed by atoms with E-state index in [0.29, 0.717) is 5.92 Å². The second-order valence-electron chi connectivity index (χ2n) is 10.8. The second kappa shape index (κ2) is 10.6. The van der Waals surface area contributed by atoms with Gasteiger partial charge in [-0.15, -0.1) is 0 Å². The lowest BCUT2D eigenvalue weighted by atomic mass is 9.90. The molecule has 6 rings (SSSR count). The lowest BCUT2D eigenvalue weighted by Gasteiger charge is -2.28. The minimum absolute atomic E-state index is 0.577. The Bertz CT molecular complexity index is 1480. The highest BCUT2D eigenvalue weighted by molar-refractivity contribution is 7.77. The summed E-state index contributed by atoms with van der Waals surface area (Å²) in [6, 6.07) is 11.1. The summed E-state index contributed by atoms with van der Waals surface area (Å²) in [5.74, 6) is 1.44. The van der Waals surface area contributed by atoms with Crippen LogP contribution in [0, 0.1) is 6.92 Å². The van der Waals surface area contributed by atoms with Crippen LogP contribution >= 0.6 is 12.8 Å². The van der Waals surface area contributed by atoms with Crippen molar-refractivity contribution in [2.75, 3.05) is 18.4 Å². The maximum absolute atomic E-state index is 5.03. The first-order valence-corrected chi connectivity index (χ1v) is 14.3. The molecule has 0 radical (unpaired) electrons. The van der Waals surface area contributed by atoms with Gasteiger partial charge in [-0.2, -0.15) is 5.10 Å². The molecule has 0 spiro atoms. The van der Waals surface area contributed by atoms with E-state index in [1.165, 1.54) is 29.6 Å². The standard InChI is InChI=1S/C30H37N7S/c1-20-16-24-17-27(32-20)25-19-31-35(3)28(25)8-6-4-5-7-13-37-29-18-23(22-11-14-36(38)15-12-22)9-10-26(29)34-30(37)33-21(24)2/h9-10,16-19,22,38H,2,4-8,11-15H2,1,3H3,(H,33,34). The molecule has 8 heteroatoms. The van der Waals surface area contributed by atoms with E-state index in [1.807, 2.05) is 24.9 Å². The third-order valence-electron chi connectivity index (χ3n) is 8.16. The Kier molecular flexibility index (Phi) is 7.01. The Morgan fingerprint density at radius 2 is 1.82 bits per heavy atom. The molecule has 3 aromatic heterocycles. The van der Waals surface area contributed by atoms with Crippen LogP contribution in [-0.4, -0.2) is 41.7 Å². The van der Waals surface area contributed by atoms with Crippen molar-refractivity contribution in [2.24, 2.45) is 7.05 Å². The molecule has 5 heterocycles. The summed E-state index contributed by atoms with van der Waals surface area (Å²) in [4.78, 5) is 9.90. The SMILES string of the molecule is C=C1Nc2nc3ccc(C4CCN(S)CC4)cc3n2CCCCCCc2c(cnn2C)-c2cc1cc(C)n2. The summed E-state index contributed by atoms with van der Waals surface area (Å²) < 4.78 is 6.50. The van der Waals surface area contributed by atoms with Crippen LogP contribution in [0.2, 0.25) is 0 Å². The molecule has 1 fully saturated rings. The van der Waals surface area contributed by atoms with E-state index in [9.17, 15) is 0 Å². The number of anilines is 1. The Labute approximate surface area is 230 Å². The summed E-state index contributed by atoms with van der Waals surface area (Å²) >= 11 is 4.54. The van der Waals surface area contributed by atoms with Crippen LogP contribution in [0.15, 0.2) is 43.1 Å². The number of rotatable bonds is 1. The van der Waals surface area contributed by atoms with Crippen molar-refractivity contribution in [1.29, 1.82) is 0 Å². The van der Waals surface area contributed by atoms with Gasteiger partial charge in [0.05, 0.1) is 22.9 Å². The average Bonchev–Trinajstić information content (AvgIpc) is 3.44. The van der Waals surface area contributed by atoms with E-state index in [1.54, 1.807) is 0 Å². The normalized spacial score (nSPS) is 17.9. The summed E-state index contributed by atoms with van der Waals surface area (Å²) in [6.45, 7) is 9.46. The number of aryl methyl sites for hydroxylation is 3. The van der Waals surface area contributed by atoms with E-state index in [0.717, 1.165) is 91.4 Å². The lowest BCUT2D eigenvalue weighted by molar-refractivity contribution is 0.349. The predicted octanol–water partition coefficient (Wildman–Crippen LogP) is 6.36. The van der Waals surface area contributed by atoms with Gasteiger partial charge in [-0.3, -0.25) is 14.0 Å². The topological polar surface area (TPSA) is 63.8 Å². The van der Waals surface area contributed by atoms with E-state index in [2.05, 4.69) is 69.0 Å². The summed E-state index contributed by atoms with van der Waals surface area (Å²) in [5.41, 5.74) is 9.78. The molecule has 1 saturated heterocycles. The minimum atomic E-state index is 0.577. The number of benzene rings is 1. The van der Waals surface area contributed by atoms with Crippen molar-refractivity contribution in [3.05, 3.63) is 65.6 Å². The molecule has 198 valence electrons. The number of piperidine rings is 1. The predicted molar refractivity (Wildman–Crippen MR) is 158 cm³/mol. The van der Waals surface area contributed by atoms with Crippen LogP contribution in [0.25, 0.3) is 28.0 Å². The van der Waals surface area contributed by atoms with Gasteiger partial charge < -0.3 is 9.88 Å². The number of nitrogens with zero attached hydrogens (tertiary/aromatic N) is 6. The summed E-state index contributed by atoms with van der Waals surface area (Å²) in [7, 11) is 2.03. The summed E-state index contributed by atoms with van der Waals surface area (Å²) in [6.07, 6.45) is 9.86. The highest BCUT2D eigenvalue weighted by Crippen LogP contribution is 2.33. The Hall–Kier alpha value is -3.10. The second-order valence-corrected chi connectivity index (χ2v) is 11.4. The molecule has 2 aliphatic rings. The molecule has 0 aliphatic carbocycles. The molecule has 1 aromatic carbocycles. The van der Waals surface area contributed by atoms with Crippen molar-refractivity contribution in [3.63, 3.8) is 0 Å². The van der Waals surface area contributed by atoms with Crippen LogP contribution in [0.5, 0.6) is 0 Å². The van der Waals surface area contributed by atoms with Gasteiger partial charge >= 0.3 is 0 Å². The molecule has 4 aromatic rings. The molecule has 1 N–H and O–H groups in total. The van der Waals surface area contributed by atoms with Crippen molar-refractivity contribution in [1.82, 2.24) is 28.6 Å². The number of nitrogens with one attached hydrogen (secondary N) is 1. The molecule has 2 bridgehead atoms. The zero-order chi connectivity index (χ0) is 26.2. The van der Waals surface area contributed by atoms with Crippen LogP contribution < -0.4 is 5.32 Å². The third kappa shape index (κ3) is 4.99. The van der Waals surface area contributed by atoms with Gasteiger partial charge in [0.2, 0.25) is 5.95 Å². The van der Waals surface area contributed by atoms with Gasteiger partial charge in [0.1, 0.15) is 0 Å². The maximum Gasteiger partial charge on any atom is 0.208 e. The van der Waals surface area contributed by atoms with Crippen LogP contribution in [0.4, 0.5) is 5.95 Å².